The van der Waals surface area contributed by atoms with Gasteiger partial charge in [0.25, 0.3) is 15.9 Å². The van der Waals surface area contributed by atoms with Crippen LogP contribution in [0.5, 0.6) is 0 Å². The molecule has 0 spiro atoms. The molecule has 1 aromatic carbocycles. The zero-order valence-electron chi connectivity index (χ0n) is 15.5. The number of sulfonamides is 1. The van der Waals surface area contributed by atoms with E-state index in [-0.39, 0.29) is 22.1 Å². The minimum Gasteiger partial charge on any atom is -0.453 e. The van der Waals surface area contributed by atoms with E-state index in [1.165, 1.54) is 19.2 Å². The average Bonchev–Trinajstić information content (AvgIpc) is 2.72. The van der Waals surface area contributed by atoms with Crippen molar-refractivity contribution in [3.63, 3.8) is 0 Å². The first-order valence-electron chi connectivity index (χ1n) is 8.00. The minimum atomic E-state index is -4.00. The van der Waals surface area contributed by atoms with Crippen molar-refractivity contribution >= 4 is 33.5 Å². The van der Waals surface area contributed by atoms with Crippen LogP contribution in [-0.2, 0) is 24.3 Å². The number of hydrogen-bond acceptors (Lipinski definition) is 6. The Morgan fingerprint density at radius 2 is 1.77 bits per heavy atom. The molecule has 0 radical (unpaired) electrons. The van der Waals surface area contributed by atoms with Crippen molar-refractivity contribution in [1.29, 1.82) is 0 Å². The lowest BCUT2D eigenvalue weighted by Crippen LogP contribution is -2.38. The van der Waals surface area contributed by atoms with E-state index in [1.54, 1.807) is 34.6 Å². The number of nitrogens with one attached hydrogen (secondary N) is 1. The van der Waals surface area contributed by atoms with E-state index in [0.29, 0.717) is 5.56 Å². The summed E-state index contributed by atoms with van der Waals surface area (Å²) in [6.07, 6.45) is 0. The van der Waals surface area contributed by atoms with Crippen LogP contribution < -0.4 is 9.62 Å². The molecular formula is C17H22N2O6S. The number of fused-ring (bicyclic) bond motifs is 1. The minimum absolute atomic E-state index is 0.0712. The summed E-state index contributed by atoms with van der Waals surface area (Å²) >= 11 is 0. The average molecular weight is 382 g/mol. The predicted octanol–water partition coefficient (Wildman–Crippen LogP) is 1.55. The van der Waals surface area contributed by atoms with Crippen LogP contribution in [0.15, 0.2) is 17.0 Å². The van der Waals surface area contributed by atoms with E-state index in [2.05, 4.69) is 0 Å². The molecule has 8 nitrogen and oxygen atoms in total. The molecule has 0 bridgehead atoms. The largest absolute Gasteiger partial charge is 0.453 e. The summed E-state index contributed by atoms with van der Waals surface area (Å²) in [5.41, 5.74) is -0.112. The van der Waals surface area contributed by atoms with Crippen molar-refractivity contribution in [3.05, 3.63) is 23.3 Å². The number of nitrogens with zero attached hydrogens (tertiary/aromatic N) is 1. The monoisotopic (exact) mass is 382 g/mol. The smallest absolute Gasteiger partial charge is 0.397 e. The van der Waals surface area contributed by atoms with Crippen LogP contribution in [0.4, 0.5) is 5.69 Å². The molecule has 0 aliphatic carbocycles. The molecule has 1 N–H and O–H groups in total. The summed E-state index contributed by atoms with van der Waals surface area (Å²) in [4.78, 5) is 37.2. The van der Waals surface area contributed by atoms with E-state index in [4.69, 9.17) is 4.74 Å². The van der Waals surface area contributed by atoms with Gasteiger partial charge in [0.2, 0.25) is 0 Å². The van der Waals surface area contributed by atoms with Crippen LogP contribution in [0.3, 0.4) is 0 Å². The van der Waals surface area contributed by atoms with Gasteiger partial charge in [-0.15, -0.1) is 0 Å². The highest BCUT2D eigenvalue weighted by Gasteiger charge is 2.37. The Bertz CT molecular complexity index is 897. The summed E-state index contributed by atoms with van der Waals surface area (Å²) in [6.45, 7) is 8.50. The van der Waals surface area contributed by atoms with Gasteiger partial charge in [0.15, 0.2) is 0 Å². The van der Waals surface area contributed by atoms with Crippen LogP contribution in [0, 0.1) is 0 Å². The first-order chi connectivity index (χ1) is 11.7. The number of amides is 2. The standard InChI is InChI=1S/C17H22N2O6S/c1-9(2)11-7-10(8-12-13(11)14(20)18-26(12,23)24)19(6)15(21)16(22)25-17(3,4)5/h7-9H,1-6H3,(H,18,20). The highest BCUT2D eigenvalue weighted by atomic mass is 32.2. The zero-order chi connectivity index (χ0) is 20.0. The van der Waals surface area contributed by atoms with Crippen molar-refractivity contribution < 1.29 is 27.5 Å². The topological polar surface area (TPSA) is 110 Å². The van der Waals surface area contributed by atoms with Gasteiger partial charge < -0.3 is 9.64 Å². The second-order valence-corrected chi connectivity index (χ2v) is 9.01. The Morgan fingerprint density at radius 3 is 2.27 bits per heavy atom. The number of anilines is 1. The molecule has 2 amide bonds. The third kappa shape index (κ3) is 3.72. The molecule has 0 saturated carbocycles. The number of benzene rings is 1. The lowest BCUT2D eigenvalue weighted by molar-refractivity contribution is -0.162. The molecule has 1 aliphatic heterocycles. The summed E-state index contributed by atoms with van der Waals surface area (Å²) < 4.78 is 31.4. The fraction of sp³-hybridized carbons (Fsp3) is 0.471. The molecule has 1 heterocycles. The molecule has 0 saturated heterocycles. The molecule has 26 heavy (non-hydrogen) atoms. The first kappa shape index (κ1) is 19.9. The Hall–Kier alpha value is -2.42. The molecule has 1 aromatic rings. The fourth-order valence-electron chi connectivity index (χ4n) is 2.53. The molecule has 0 atom stereocenters. The number of carbonyl (C=O) groups excluding carboxylic acids is 3. The number of esters is 1. The van der Waals surface area contributed by atoms with Crippen molar-refractivity contribution in [1.82, 2.24) is 4.72 Å². The number of likely N-dealkylation sites (N-methyl/N-ethyl adjacent to an activating group) is 1. The Labute approximate surface area is 152 Å². The highest BCUT2D eigenvalue weighted by molar-refractivity contribution is 7.90. The van der Waals surface area contributed by atoms with Gasteiger partial charge in [-0.2, -0.15) is 0 Å². The second kappa shape index (κ2) is 6.39. The Balaban J connectivity index is 2.52. The maximum Gasteiger partial charge on any atom is 0.397 e. The highest BCUT2D eigenvalue weighted by Crippen LogP contribution is 2.34. The van der Waals surface area contributed by atoms with E-state index < -0.39 is 33.4 Å². The molecule has 142 valence electrons. The molecule has 9 heteroatoms. The van der Waals surface area contributed by atoms with Crippen molar-refractivity contribution in [2.24, 2.45) is 0 Å². The van der Waals surface area contributed by atoms with Crippen molar-refractivity contribution in [2.45, 2.75) is 51.0 Å². The van der Waals surface area contributed by atoms with E-state index in [9.17, 15) is 22.8 Å². The van der Waals surface area contributed by atoms with E-state index in [1.807, 2.05) is 4.72 Å². The zero-order valence-corrected chi connectivity index (χ0v) is 16.4. The second-order valence-electron chi connectivity index (χ2n) is 7.36. The van der Waals surface area contributed by atoms with Crippen LogP contribution in [0.2, 0.25) is 0 Å². The van der Waals surface area contributed by atoms with E-state index in [0.717, 1.165) is 4.90 Å². The van der Waals surface area contributed by atoms with Crippen molar-refractivity contribution in [3.8, 4) is 0 Å². The lowest BCUT2D eigenvalue weighted by Gasteiger charge is -2.23. The molecule has 0 unspecified atom stereocenters. The van der Waals surface area contributed by atoms with Crippen LogP contribution in [0.1, 0.15) is 56.5 Å². The van der Waals surface area contributed by atoms with Gasteiger partial charge >= 0.3 is 11.9 Å². The van der Waals surface area contributed by atoms with Gasteiger partial charge in [0.1, 0.15) is 10.5 Å². The quantitative estimate of drug-likeness (QED) is 0.614. The fourth-order valence-corrected chi connectivity index (χ4v) is 3.74. The maximum atomic E-state index is 12.3. The molecule has 1 aliphatic rings. The van der Waals surface area contributed by atoms with Gasteiger partial charge in [-0.25, -0.2) is 17.9 Å². The van der Waals surface area contributed by atoms with Crippen LogP contribution in [-0.4, -0.2) is 38.9 Å². The van der Waals surface area contributed by atoms with Crippen molar-refractivity contribution in [2.75, 3.05) is 11.9 Å². The molecule has 0 fully saturated rings. The Morgan fingerprint density at radius 1 is 1.19 bits per heavy atom. The first-order valence-corrected chi connectivity index (χ1v) is 9.49. The summed E-state index contributed by atoms with van der Waals surface area (Å²) in [6, 6.07) is 2.74. The summed E-state index contributed by atoms with van der Waals surface area (Å²) in [7, 11) is -2.65. The maximum absolute atomic E-state index is 12.3. The Kier molecular flexibility index (Phi) is 4.89. The molecule has 2 rings (SSSR count). The van der Waals surface area contributed by atoms with Gasteiger partial charge in [-0.1, -0.05) is 13.8 Å². The SMILES string of the molecule is CC(C)c1cc(N(C)C(=O)C(=O)OC(C)(C)C)cc2c1C(=O)NS2(=O)=O. The lowest BCUT2D eigenvalue weighted by atomic mass is 9.96. The van der Waals surface area contributed by atoms with Crippen LogP contribution >= 0.6 is 0 Å². The third-order valence-electron chi connectivity index (χ3n) is 3.75. The van der Waals surface area contributed by atoms with Gasteiger partial charge in [0, 0.05) is 12.7 Å². The normalized spacial score (nSPS) is 15.4. The number of carbonyl (C=O) groups is 3. The number of ether oxygens (including phenoxy) is 1. The summed E-state index contributed by atoms with van der Waals surface area (Å²) in [5.74, 6) is -2.86. The van der Waals surface area contributed by atoms with Gasteiger partial charge in [0.05, 0.1) is 5.56 Å². The number of hydrogen-bond donors (Lipinski definition) is 1. The third-order valence-corrected chi connectivity index (χ3v) is 5.10. The molecular weight excluding hydrogens is 360 g/mol. The van der Waals surface area contributed by atoms with Gasteiger partial charge in [-0.3, -0.25) is 9.59 Å². The predicted molar refractivity (Wildman–Crippen MR) is 94.4 cm³/mol. The molecule has 0 aromatic heterocycles. The number of rotatable bonds is 2. The van der Waals surface area contributed by atoms with E-state index >= 15 is 0 Å². The van der Waals surface area contributed by atoms with Gasteiger partial charge in [-0.05, 0) is 44.4 Å². The van der Waals surface area contributed by atoms with Crippen LogP contribution in [0.25, 0.3) is 0 Å². The summed E-state index contributed by atoms with van der Waals surface area (Å²) in [5, 5.41) is 0.